The van der Waals surface area contributed by atoms with E-state index in [0.717, 1.165) is 28.2 Å². The summed E-state index contributed by atoms with van der Waals surface area (Å²) in [5.74, 6) is 0. The second-order valence-electron chi connectivity index (χ2n) is 8.24. The summed E-state index contributed by atoms with van der Waals surface area (Å²) < 4.78 is 0. The minimum absolute atomic E-state index is 0.885. The summed E-state index contributed by atoms with van der Waals surface area (Å²) in [6.07, 6.45) is 14.1. The molecule has 0 N–H and O–H groups in total. The van der Waals surface area contributed by atoms with E-state index in [9.17, 15) is 0 Å². The van der Waals surface area contributed by atoms with Gasteiger partial charge in [-0.2, -0.15) is 0 Å². The van der Waals surface area contributed by atoms with E-state index in [-0.39, 0.29) is 0 Å². The van der Waals surface area contributed by atoms with Crippen LogP contribution < -0.4 is 0 Å². The van der Waals surface area contributed by atoms with Gasteiger partial charge in [-0.15, -0.1) is 25.3 Å². The van der Waals surface area contributed by atoms with Gasteiger partial charge in [0.25, 0.3) is 0 Å². The maximum Gasteiger partial charge on any atom is 0.0113 e. The third-order valence-electron chi connectivity index (χ3n) is 6.13. The van der Waals surface area contributed by atoms with Crippen molar-refractivity contribution >= 4 is 57.8 Å². The maximum atomic E-state index is 4.80. The lowest BCUT2D eigenvalue weighted by Crippen LogP contribution is -1.95. The molecule has 170 valence electrons. The number of thiol groups is 2. The van der Waals surface area contributed by atoms with Crippen molar-refractivity contribution in [3.63, 3.8) is 0 Å². The first-order chi connectivity index (χ1) is 16.6. The van der Waals surface area contributed by atoms with Crippen molar-refractivity contribution in [2.45, 2.75) is 26.7 Å². The molecule has 0 saturated carbocycles. The van der Waals surface area contributed by atoms with E-state index in [4.69, 9.17) is 12.6 Å². The fourth-order valence-corrected chi connectivity index (χ4v) is 4.89. The fourth-order valence-electron chi connectivity index (χ4n) is 4.49. The van der Waals surface area contributed by atoms with Crippen LogP contribution in [0.3, 0.4) is 0 Å². The smallest absolute Gasteiger partial charge is 0.0113 e. The van der Waals surface area contributed by atoms with Crippen molar-refractivity contribution in [1.29, 1.82) is 0 Å². The van der Waals surface area contributed by atoms with Crippen LogP contribution in [0.2, 0.25) is 0 Å². The molecule has 0 aliphatic heterocycles. The van der Waals surface area contributed by atoms with Crippen molar-refractivity contribution in [3.05, 3.63) is 130 Å². The molecule has 0 aliphatic rings. The van der Waals surface area contributed by atoms with Crippen LogP contribution >= 0.6 is 25.3 Å². The second-order valence-corrected chi connectivity index (χ2v) is 9.24. The summed E-state index contributed by atoms with van der Waals surface area (Å²) in [6, 6.07) is 25.8. The lowest BCUT2D eigenvalue weighted by molar-refractivity contribution is 1.15. The highest BCUT2D eigenvalue weighted by atomic mass is 32.1. The summed E-state index contributed by atoms with van der Waals surface area (Å²) in [5.41, 5.74) is 5.13. The van der Waals surface area contributed by atoms with E-state index in [1.165, 1.54) is 38.2 Å². The van der Waals surface area contributed by atoms with E-state index in [1.54, 1.807) is 0 Å². The van der Waals surface area contributed by atoms with Gasteiger partial charge in [0.1, 0.15) is 0 Å². The number of hydrogen-bond donors (Lipinski definition) is 2. The van der Waals surface area contributed by atoms with Crippen LogP contribution in [0, 0.1) is 0 Å². The van der Waals surface area contributed by atoms with Crippen molar-refractivity contribution < 1.29 is 0 Å². The number of allylic oxidation sites excluding steroid dienone is 5. The number of hydrogen-bond acceptors (Lipinski definition) is 2. The molecule has 4 aromatic rings. The molecule has 4 aromatic carbocycles. The van der Waals surface area contributed by atoms with Crippen molar-refractivity contribution in [1.82, 2.24) is 0 Å². The molecule has 0 saturated heterocycles. The number of rotatable bonds is 7. The van der Waals surface area contributed by atoms with Crippen LogP contribution in [0.4, 0.5) is 0 Å². The molecule has 2 heteroatoms. The molecule has 4 rings (SSSR count). The second kappa shape index (κ2) is 11.5. The highest BCUT2D eigenvalue weighted by molar-refractivity contribution is 7.90. The third-order valence-corrected chi connectivity index (χ3v) is 6.83. The highest BCUT2D eigenvalue weighted by Gasteiger charge is 2.12. The Morgan fingerprint density at radius 3 is 1.97 bits per heavy atom. The first-order valence-electron chi connectivity index (χ1n) is 11.8. The molecule has 0 nitrogen and oxygen atoms in total. The van der Waals surface area contributed by atoms with Gasteiger partial charge >= 0.3 is 0 Å². The van der Waals surface area contributed by atoms with Gasteiger partial charge in [-0.3, -0.25) is 0 Å². The lowest BCUT2D eigenvalue weighted by Gasteiger charge is -2.16. The molecular formula is C32H30S2. The van der Waals surface area contributed by atoms with Gasteiger partial charge in [0.15, 0.2) is 0 Å². The number of fused-ring (bicyclic) bond motifs is 2. The van der Waals surface area contributed by atoms with Gasteiger partial charge in [0.2, 0.25) is 0 Å². The monoisotopic (exact) mass is 478 g/mol. The number of benzene rings is 4. The zero-order valence-electron chi connectivity index (χ0n) is 19.7. The Labute approximate surface area is 214 Å². The Balaban J connectivity index is 1.62. The molecule has 0 fully saturated rings. The molecule has 34 heavy (non-hydrogen) atoms. The Bertz CT molecular complexity index is 1420. The molecule has 0 radical (unpaired) electrons. The summed E-state index contributed by atoms with van der Waals surface area (Å²) in [5, 5.41) is 5.43. The Morgan fingerprint density at radius 1 is 0.676 bits per heavy atom. The first-order valence-corrected chi connectivity index (χ1v) is 12.7. The highest BCUT2D eigenvalue weighted by Crippen LogP contribution is 2.35. The quantitative estimate of drug-likeness (QED) is 0.147. The van der Waals surface area contributed by atoms with Gasteiger partial charge < -0.3 is 0 Å². The molecule has 0 heterocycles. The van der Waals surface area contributed by atoms with Crippen LogP contribution in [-0.2, 0) is 12.8 Å². The van der Waals surface area contributed by atoms with Crippen molar-refractivity contribution in [2.24, 2.45) is 0 Å². The normalized spacial score (nSPS) is 13.1. The average molecular weight is 479 g/mol. The predicted octanol–water partition coefficient (Wildman–Crippen LogP) is 9.47. The van der Waals surface area contributed by atoms with Crippen molar-refractivity contribution in [3.8, 4) is 0 Å². The van der Waals surface area contributed by atoms with Crippen LogP contribution in [-0.4, -0.2) is 0 Å². The van der Waals surface area contributed by atoms with E-state index in [1.807, 2.05) is 48.6 Å². The Hall–Kier alpha value is -2.94. The maximum absolute atomic E-state index is 4.80. The molecule has 0 atom stereocenters. The van der Waals surface area contributed by atoms with Gasteiger partial charge in [-0.05, 0) is 80.9 Å². The topological polar surface area (TPSA) is 0 Å². The van der Waals surface area contributed by atoms with Gasteiger partial charge in [-0.25, -0.2) is 0 Å². The number of aryl methyl sites for hydroxylation is 2. The molecule has 0 aliphatic carbocycles. The molecule has 0 bridgehead atoms. The zero-order valence-corrected chi connectivity index (χ0v) is 21.5. The van der Waals surface area contributed by atoms with Crippen LogP contribution in [0.5, 0.6) is 0 Å². The average Bonchev–Trinajstić information content (AvgIpc) is 2.87. The molecule has 0 unspecified atom stereocenters. The molecule has 0 spiro atoms. The predicted molar refractivity (Wildman–Crippen MR) is 159 cm³/mol. The summed E-state index contributed by atoms with van der Waals surface area (Å²) in [6.45, 7) is 4.49. The minimum atomic E-state index is 0.885. The van der Waals surface area contributed by atoms with Crippen LogP contribution in [0.1, 0.15) is 36.1 Å². The third kappa shape index (κ3) is 5.41. The van der Waals surface area contributed by atoms with E-state index in [0.29, 0.717) is 0 Å². The fraction of sp³-hybridized carbons (Fsp3) is 0.125. The summed E-state index contributed by atoms with van der Waals surface area (Å²) >= 11 is 9.37. The van der Waals surface area contributed by atoms with Crippen molar-refractivity contribution in [2.75, 3.05) is 0 Å². The summed E-state index contributed by atoms with van der Waals surface area (Å²) in [7, 11) is 0. The standard InChI is InChI=1S/C32H30S2/c1-3-26-28-17-8-9-18-29(28)27(4-2)31-22-24(20-21-30(26)31)32(34)19-11-16-25(33)15-10-14-23-12-6-5-7-13-23/h5-22,33-34H,3-4H2,1-2H3/b14-10+,16-11+,25-15-,32-19-. The van der Waals surface area contributed by atoms with Gasteiger partial charge in [0, 0.05) is 9.81 Å². The van der Waals surface area contributed by atoms with E-state index >= 15 is 0 Å². The summed E-state index contributed by atoms with van der Waals surface area (Å²) in [4.78, 5) is 1.82. The molecular weight excluding hydrogens is 448 g/mol. The SMILES string of the molecule is CCc1c2ccccc2c(CC)c2cc(/C(S)=C/C=C/C(S)=C/C=C/c3ccccc3)ccc12. The van der Waals surface area contributed by atoms with Crippen LogP contribution in [0.15, 0.2) is 108 Å². The van der Waals surface area contributed by atoms with E-state index in [2.05, 4.69) is 87.1 Å². The molecule has 0 amide bonds. The van der Waals surface area contributed by atoms with E-state index < -0.39 is 0 Å². The largest absolute Gasteiger partial charge is 0.143 e. The van der Waals surface area contributed by atoms with Crippen LogP contribution in [0.25, 0.3) is 32.5 Å². The zero-order chi connectivity index (χ0) is 23.9. The van der Waals surface area contributed by atoms with Gasteiger partial charge in [0.05, 0.1) is 0 Å². The van der Waals surface area contributed by atoms with Gasteiger partial charge in [-0.1, -0.05) is 98.8 Å². The minimum Gasteiger partial charge on any atom is -0.143 e. The first kappa shape index (κ1) is 24.2. The Kier molecular flexibility index (Phi) is 8.16. The lowest BCUT2D eigenvalue weighted by atomic mass is 9.89. The Morgan fingerprint density at radius 2 is 1.29 bits per heavy atom. The molecule has 0 aromatic heterocycles.